The number of carbonyl (C=O) groups excluding carboxylic acids is 1. The van der Waals surface area contributed by atoms with Gasteiger partial charge in [-0.25, -0.2) is 13.3 Å². The van der Waals surface area contributed by atoms with Crippen molar-refractivity contribution in [2.75, 3.05) is 5.32 Å². The zero-order valence-electron chi connectivity index (χ0n) is 15.5. The fourth-order valence-corrected chi connectivity index (χ4v) is 3.15. The average molecular weight is 410 g/mol. The molecule has 0 atom stereocenters. The summed E-state index contributed by atoms with van der Waals surface area (Å²) in [5.41, 5.74) is 1.17. The van der Waals surface area contributed by atoms with Gasteiger partial charge in [-0.1, -0.05) is 0 Å². The fourth-order valence-electron chi connectivity index (χ4n) is 3.15. The Hall–Kier alpha value is -3.85. The average Bonchev–Trinajstić information content (AvgIpc) is 3.12. The number of fused-ring (bicyclic) bond motifs is 1. The van der Waals surface area contributed by atoms with Gasteiger partial charge in [-0.2, -0.15) is 5.10 Å². The van der Waals surface area contributed by atoms with Crippen molar-refractivity contribution in [2.45, 2.75) is 13.2 Å². The molecule has 0 unspecified atom stereocenters. The molecule has 4 aromatic rings. The Bertz CT molecular complexity index is 1280. The quantitative estimate of drug-likeness (QED) is 0.529. The predicted octanol–water partition coefficient (Wildman–Crippen LogP) is 2.57. The topological polar surface area (TPSA) is 88.6 Å². The van der Waals surface area contributed by atoms with Crippen LogP contribution in [0.5, 0.6) is 0 Å². The maximum Gasteiger partial charge on any atom is 0.277 e. The summed E-state index contributed by atoms with van der Waals surface area (Å²) in [5, 5.41) is 16.8. The molecule has 0 radical (unpaired) electrons. The molecular weight excluding hydrogens is 394 g/mol. The molecule has 2 heterocycles. The van der Waals surface area contributed by atoms with E-state index < -0.39 is 29.7 Å². The van der Waals surface area contributed by atoms with Gasteiger partial charge in [0.1, 0.15) is 23.7 Å². The normalized spacial score (nSPS) is 11.0. The monoisotopic (exact) mass is 410 g/mol. The van der Waals surface area contributed by atoms with Gasteiger partial charge >= 0.3 is 0 Å². The molecule has 0 aliphatic heterocycles. The lowest BCUT2D eigenvalue weighted by Gasteiger charge is -2.08. The molecule has 0 aliphatic rings. The zero-order chi connectivity index (χ0) is 21.3. The number of benzene rings is 2. The highest BCUT2D eigenvalue weighted by Gasteiger charge is 2.18. The van der Waals surface area contributed by atoms with Crippen LogP contribution in [0.4, 0.5) is 14.5 Å². The number of hydrogen-bond donors (Lipinski definition) is 2. The first-order chi connectivity index (χ1) is 14.5. The number of halogens is 2. The van der Waals surface area contributed by atoms with Gasteiger partial charge in [0.25, 0.3) is 5.56 Å². The lowest BCUT2D eigenvalue weighted by Crippen LogP contribution is -2.28. The van der Waals surface area contributed by atoms with E-state index in [1.165, 1.54) is 70.0 Å². The molecule has 0 bridgehead atoms. The van der Waals surface area contributed by atoms with Gasteiger partial charge in [0.2, 0.25) is 5.91 Å². The molecule has 0 spiro atoms. The highest BCUT2D eigenvalue weighted by atomic mass is 19.1. The number of aliphatic hydroxyl groups is 1. The number of amides is 1. The number of hydrogen-bond acceptors (Lipinski definition) is 4. The van der Waals surface area contributed by atoms with Crippen LogP contribution in [0.15, 0.2) is 65.7 Å². The highest BCUT2D eigenvalue weighted by molar-refractivity contribution is 5.90. The van der Waals surface area contributed by atoms with Crippen molar-refractivity contribution in [3.8, 4) is 11.3 Å². The molecule has 4 rings (SSSR count). The third-order valence-electron chi connectivity index (χ3n) is 4.58. The molecule has 7 nitrogen and oxygen atoms in total. The Morgan fingerprint density at radius 3 is 2.27 bits per heavy atom. The van der Waals surface area contributed by atoms with Crippen molar-refractivity contribution in [1.29, 1.82) is 0 Å². The number of nitrogens with one attached hydrogen (secondary N) is 1. The lowest BCUT2D eigenvalue weighted by molar-refractivity contribution is -0.116. The summed E-state index contributed by atoms with van der Waals surface area (Å²) in [7, 11) is 0. The van der Waals surface area contributed by atoms with Crippen LogP contribution in [-0.2, 0) is 17.9 Å². The van der Waals surface area contributed by atoms with E-state index in [-0.39, 0.29) is 17.6 Å². The third kappa shape index (κ3) is 3.70. The summed E-state index contributed by atoms with van der Waals surface area (Å²) in [6, 6.07) is 10.8. The molecule has 2 N–H and O–H groups in total. The van der Waals surface area contributed by atoms with E-state index in [1.807, 2.05) is 0 Å². The third-order valence-corrected chi connectivity index (χ3v) is 4.58. The molecule has 0 aliphatic carbocycles. The van der Waals surface area contributed by atoms with Crippen molar-refractivity contribution in [2.24, 2.45) is 0 Å². The Morgan fingerprint density at radius 1 is 1.00 bits per heavy atom. The SMILES string of the molecule is O=C(Cn1ccn2nc(-c3ccc(F)cc3)c(CO)c2c1=O)Nc1ccc(F)cc1. The van der Waals surface area contributed by atoms with E-state index in [0.29, 0.717) is 16.9 Å². The number of aliphatic hydroxyl groups excluding tert-OH is 1. The van der Waals surface area contributed by atoms with Crippen molar-refractivity contribution in [3.63, 3.8) is 0 Å². The number of rotatable bonds is 5. The molecule has 9 heteroatoms. The molecule has 0 saturated heterocycles. The Balaban J connectivity index is 1.68. The second-order valence-electron chi connectivity index (χ2n) is 6.57. The van der Waals surface area contributed by atoms with Crippen LogP contribution in [0.25, 0.3) is 16.8 Å². The van der Waals surface area contributed by atoms with Gasteiger partial charge in [0.15, 0.2) is 0 Å². The van der Waals surface area contributed by atoms with Gasteiger partial charge < -0.3 is 15.0 Å². The first-order valence-electron chi connectivity index (χ1n) is 8.99. The molecule has 152 valence electrons. The molecule has 0 fully saturated rings. The largest absolute Gasteiger partial charge is 0.392 e. The van der Waals surface area contributed by atoms with Gasteiger partial charge in [0, 0.05) is 29.2 Å². The van der Waals surface area contributed by atoms with E-state index in [0.717, 1.165) is 0 Å². The minimum atomic E-state index is -0.517. The van der Waals surface area contributed by atoms with Crippen molar-refractivity contribution in [3.05, 3.63) is 88.5 Å². The zero-order valence-corrected chi connectivity index (χ0v) is 15.5. The maximum atomic E-state index is 13.2. The van der Waals surface area contributed by atoms with Gasteiger partial charge in [-0.05, 0) is 48.5 Å². The first-order valence-corrected chi connectivity index (χ1v) is 8.99. The summed E-state index contributed by atoms with van der Waals surface area (Å²) in [5.74, 6) is -1.32. The fraction of sp³-hybridized carbons (Fsp3) is 0.0952. The van der Waals surface area contributed by atoms with Crippen LogP contribution in [0.2, 0.25) is 0 Å². The second kappa shape index (κ2) is 7.88. The van der Waals surface area contributed by atoms with Crippen molar-refractivity contribution < 1.29 is 18.7 Å². The lowest BCUT2D eigenvalue weighted by atomic mass is 10.1. The van der Waals surface area contributed by atoms with Crippen LogP contribution < -0.4 is 10.9 Å². The van der Waals surface area contributed by atoms with Crippen molar-refractivity contribution >= 4 is 17.1 Å². The van der Waals surface area contributed by atoms with Gasteiger partial charge in [0.05, 0.1) is 12.3 Å². The molecule has 0 saturated carbocycles. The van der Waals surface area contributed by atoms with Crippen LogP contribution in [0, 0.1) is 11.6 Å². The minimum Gasteiger partial charge on any atom is -0.392 e. The Kier molecular flexibility index (Phi) is 5.11. The summed E-state index contributed by atoms with van der Waals surface area (Å²) >= 11 is 0. The van der Waals surface area contributed by atoms with E-state index >= 15 is 0 Å². The number of nitrogens with zero attached hydrogens (tertiary/aromatic N) is 3. The van der Waals surface area contributed by atoms with E-state index in [1.54, 1.807) is 0 Å². The van der Waals surface area contributed by atoms with E-state index in [4.69, 9.17) is 0 Å². The van der Waals surface area contributed by atoms with Crippen molar-refractivity contribution in [1.82, 2.24) is 14.2 Å². The summed E-state index contributed by atoms with van der Waals surface area (Å²) < 4.78 is 28.7. The highest BCUT2D eigenvalue weighted by Crippen LogP contribution is 2.25. The van der Waals surface area contributed by atoms with Crippen LogP contribution in [0.3, 0.4) is 0 Å². The summed E-state index contributed by atoms with van der Waals surface area (Å²) in [6.45, 7) is -0.744. The molecular formula is C21H16F2N4O3. The molecule has 1 amide bonds. The predicted molar refractivity (Wildman–Crippen MR) is 106 cm³/mol. The second-order valence-corrected chi connectivity index (χ2v) is 6.57. The van der Waals surface area contributed by atoms with Crippen LogP contribution in [-0.4, -0.2) is 25.2 Å². The summed E-state index contributed by atoms with van der Waals surface area (Å²) in [4.78, 5) is 25.2. The standard InChI is InChI=1S/C21H16F2N4O3/c22-14-3-1-13(2-4-14)19-17(12-28)20-21(30)26(9-10-27(20)25-19)11-18(29)24-16-7-5-15(23)6-8-16/h1-10,28H,11-12H2,(H,24,29). The summed E-state index contributed by atoms with van der Waals surface area (Å²) in [6.07, 6.45) is 2.90. The Labute approximate surface area is 168 Å². The van der Waals surface area contributed by atoms with Gasteiger partial charge in [-0.15, -0.1) is 0 Å². The van der Waals surface area contributed by atoms with E-state index in [9.17, 15) is 23.5 Å². The van der Waals surface area contributed by atoms with Crippen LogP contribution >= 0.6 is 0 Å². The van der Waals surface area contributed by atoms with E-state index in [2.05, 4.69) is 10.4 Å². The smallest absolute Gasteiger partial charge is 0.277 e. The first kappa shape index (κ1) is 19.5. The molecule has 2 aromatic heterocycles. The number of carbonyl (C=O) groups is 1. The molecule has 2 aromatic carbocycles. The molecule has 30 heavy (non-hydrogen) atoms. The Morgan fingerprint density at radius 2 is 1.63 bits per heavy atom. The minimum absolute atomic E-state index is 0.119. The van der Waals surface area contributed by atoms with Crippen LogP contribution in [0.1, 0.15) is 5.56 Å². The van der Waals surface area contributed by atoms with Gasteiger partial charge in [-0.3, -0.25) is 9.59 Å². The maximum absolute atomic E-state index is 13.2. The number of anilines is 1. The number of aromatic nitrogens is 3.